The molecule has 0 aliphatic carbocycles. The molecule has 0 saturated carbocycles. The molecule has 0 spiro atoms. The summed E-state index contributed by atoms with van der Waals surface area (Å²) in [7, 11) is 0. The number of likely N-dealkylation sites (tertiary alicyclic amines) is 1. The molecule has 0 radical (unpaired) electrons. The molecule has 2 aromatic carbocycles. The first kappa shape index (κ1) is 15.0. The fourth-order valence-corrected chi connectivity index (χ4v) is 2.92. The lowest BCUT2D eigenvalue weighted by Crippen LogP contribution is -2.18. The van der Waals surface area contributed by atoms with Crippen LogP contribution in [0.25, 0.3) is 16.7 Å². The van der Waals surface area contributed by atoms with E-state index in [1.165, 1.54) is 49.2 Å². The third kappa shape index (κ3) is 3.63. The van der Waals surface area contributed by atoms with Crippen LogP contribution >= 0.6 is 0 Å². The largest absolute Gasteiger partial charge is 0.300 e. The Bertz CT molecular complexity index is 634. The summed E-state index contributed by atoms with van der Waals surface area (Å²) in [5, 5.41) is 0. The molecule has 0 N–H and O–H groups in total. The summed E-state index contributed by atoms with van der Waals surface area (Å²) in [4.78, 5) is 2.50. The quantitative estimate of drug-likeness (QED) is 0.768. The maximum Gasteiger partial charge on any atom is 0.123 e. The van der Waals surface area contributed by atoms with Crippen LogP contribution in [0.3, 0.4) is 0 Å². The minimum absolute atomic E-state index is 0.193. The molecule has 1 saturated heterocycles. The topological polar surface area (TPSA) is 3.24 Å². The summed E-state index contributed by atoms with van der Waals surface area (Å²) < 4.78 is 13.0. The molecule has 2 aromatic rings. The van der Waals surface area contributed by atoms with Gasteiger partial charge in [0.05, 0.1) is 0 Å². The molecule has 0 amide bonds. The van der Waals surface area contributed by atoms with Gasteiger partial charge in [-0.15, -0.1) is 0 Å². The van der Waals surface area contributed by atoms with Crippen LogP contribution in [-0.2, 0) is 0 Å². The van der Waals surface area contributed by atoms with Crippen LogP contribution in [0.4, 0.5) is 4.39 Å². The lowest BCUT2D eigenvalue weighted by Gasteiger charge is -2.12. The number of rotatable bonds is 4. The Labute approximate surface area is 132 Å². The Hall–Kier alpha value is -1.93. The lowest BCUT2D eigenvalue weighted by atomic mass is 10.0. The second-order valence-electron chi connectivity index (χ2n) is 5.98. The van der Waals surface area contributed by atoms with Crippen molar-refractivity contribution >= 4 is 5.57 Å². The summed E-state index contributed by atoms with van der Waals surface area (Å²) in [6.07, 6.45) is 4.98. The van der Waals surface area contributed by atoms with Gasteiger partial charge in [0.2, 0.25) is 0 Å². The van der Waals surface area contributed by atoms with Gasteiger partial charge in [0.25, 0.3) is 0 Å². The molecule has 22 heavy (non-hydrogen) atoms. The van der Waals surface area contributed by atoms with Gasteiger partial charge >= 0.3 is 0 Å². The molecule has 0 atom stereocenters. The van der Waals surface area contributed by atoms with E-state index in [9.17, 15) is 4.39 Å². The highest BCUT2D eigenvalue weighted by molar-refractivity contribution is 5.69. The van der Waals surface area contributed by atoms with Crippen LogP contribution in [0.5, 0.6) is 0 Å². The Morgan fingerprint density at radius 1 is 0.955 bits per heavy atom. The first-order chi connectivity index (χ1) is 10.7. The summed E-state index contributed by atoms with van der Waals surface area (Å²) in [5.74, 6) is -0.193. The predicted octanol–water partition coefficient (Wildman–Crippen LogP) is 4.99. The van der Waals surface area contributed by atoms with Gasteiger partial charge in [0.1, 0.15) is 5.82 Å². The third-order valence-corrected chi connectivity index (χ3v) is 4.37. The van der Waals surface area contributed by atoms with Gasteiger partial charge in [-0.1, -0.05) is 42.5 Å². The minimum atomic E-state index is -0.193. The SMILES string of the molecule is CC(=CCN1CCCC1)c1ccc(-c2ccc(F)cc2)cc1. The normalized spacial score (nSPS) is 16.2. The average Bonchev–Trinajstić information content (AvgIpc) is 3.07. The Balaban J connectivity index is 1.70. The summed E-state index contributed by atoms with van der Waals surface area (Å²) in [5.41, 5.74) is 4.74. The Kier molecular flexibility index (Phi) is 4.69. The minimum Gasteiger partial charge on any atom is -0.300 e. The molecule has 0 unspecified atom stereocenters. The monoisotopic (exact) mass is 295 g/mol. The van der Waals surface area contributed by atoms with E-state index in [4.69, 9.17) is 0 Å². The van der Waals surface area contributed by atoms with Crippen LogP contribution in [0.2, 0.25) is 0 Å². The summed E-state index contributed by atoms with van der Waals surface area (Å²) in [6, 6.07) is 15.2. The van der Waals surface area contributed by atoms with E-state index in [0.29, 0.717) is 0 Å². The zero-order chi connectivity index (χ0) is 15.4. The van der Waals surface area contributed by atoms with Crippen molar-refractivity contribution in [3.63, 3.8) is 0 Å². The molecule has 1 aliphatic rings. The molecular weight excluding hydrogens is 273 g/mol. The maximum atomic E-state index is 13.0. The van der Waals surface area contributed by atoms with Crippen molar-refractivity contribution in [3.8, 4) is 11.1 Å². The maximum absolute atomic E-state index is 13.0. The molecule has 114 valence electrons. The average molecular weight is 295 g/mol. The first-order valence-corrected chi connectivity index (χ1v) is 7.98. The van der Waals surface area contributed by atoms with E-state index in [2.05, 4.69) is 42.2 Å². The lowest BCUT2D eigenvalue weighted by molar-refractivity contribution is 0.377. The standard InChI is InChI=1S/C20H22FN/c1-16(12-15-22-13-2-3-14-22)17-4-6-18(7-5-17)19-8-10-20(21)11-9-19/h4-12H,2-3,13-15H2,1H3. The highest BCUT2D eigenvalue weighted by Gasteiger charge is 2.09. The van der Waals surface area contributed by atoms with Crippen molar-refractivity contribution in [2.24, 2.45) is 0 Å². The summed E-state index contributed by atoms with van der Waals surface area (Å²) in [6.45, 7) is 5.68. The van der Waals surface area contributed by atoms with Gasteiger partial charge in [-0.2, -0.15) is 0 Å². The molecule has 1 fully saturated rings. The van der Waals surface area contributed by atoms with Crippen molar-refractivity contribution < 1.29 is 4.39 Å². The number of benzene rings is 2. The van der Waals surface area contributed by atoms with Crippen LogP contribution < -0.4 is 0 Å². The van der Waals surface area contributed by atoms with Gasteiger partial charge < -0.3 is 0 Å². The van der Waals surface area contributed by atoms with Crippen molar-refractivity contribution in [2.75, 3.05) is 19.6 Å². The van der Waals surface area contributed by atoms with E-state index >= 15 is 0 Å². The van der Waals surface area contributed by atoms with E-state index in [1.807, 2.05) is 12.1 Å². The number of nitrogens with zero attached hydrogens (tertiary/aromatic N) is 1. The highest BCUT2D eigenvalue weighted by Crippen LogP contribution is 2.23. The third-order valence-electron chi connectivity index (χ3n) is 4.37. The predicted molar refractivity (Wildman–Crippen MR) is 91.2 cm³/mol. The van der Waals surface area contributed by atoms with E-state index < -0.39 is 0 Å². The molecule has 2 heteroatoms. The Morgan fingerprint density at radius 2 is 1.50 bits per heavy atom. The van der Waals surface area contributed by atoms with E-state index in [0.717, 1.165) is 17.7 Å². The second kappa shape index (κ2) is 6.89. The van der Waals surface area contributed by atoms with Gasteiger partial charge in [-0.3, -0.25) is 4.90 Å². The number of hydrogen-bond donors (Lipinski definition) is 0. The molecule has 3 rings (SSSR count). The van der Waals surface area contributed by atoms with E-state index in [1.54, 1.807) is 0 Å². The highest BCUT2D eigenvalue weighted by atomic mass is 19.1. The summed E-state index contributed by atoms with van der Waals surface area (Å²) >= 11 is 0. The number of hydrogen-bond acceptors (Lipinski definition) is 1. The van der Waals surface area contributed by atoms with Gasteiger partial charge in [0.15, 0.2) is 0 Å². The van der Waals surface area contributed by atoms with Gasteiger partial charge in [-0.25, -0.2) is 4.39 Å². The smallest absolute Gasteiger partial charge is 0.123 e. The van der Waals surface area contributed by atoms with Gasteiger partial charge in [-0.05, 0) is 67.3 Å². The van der Waals surface area contributed by atoms with Crippen LogP contribution in [0.15, 0.2) is 54.6 Å². The molecule has 1 heterocycles. The van der Waals surface area contributed by atoms with Crippen LogP contribution in [0.1, 0.15) is 25.3 Å². The number of allylic oxidation sites excluding steroid dienone is 1. The van der Waals surface area contributed by atoms with Crippen molar-refractivity contribution in [1.82, 2.24) is 4.90 Å². The zero-order valence-corrected chi connectivity index (χ0v) is 13.1. The van der Waals surface area contributed by atoms with Crippen molar-refractivity contribution in [3.05, 3.63) is 66.0 Å². The molecular formula is C20H22FN. The zero-order valence-electron chi connectivity index (χ0n) is 13.1. The van der Waals surface area contributed by atoms with Gasteiger partial charge in [0, 0.05) is 6.54 Å². The fourth-order valence-electron chi connectivity index (χ4n) is 2.92. The van der Waals surface area contributed by atoms with Crippen LogP contribution in [0, 0.1) is 5.82 Å². The second-order valence-corrected chi connectivity index (χ2v) is 5.98. The molecule has 1 aliphatic heterocycles. The first-order valence-electron chi connectivity index (χ1n) is 7.98. The van der Waals surface area contributed by atoms with E-state index in [-0.39, 0.29) is 5.82 Å². The van der Waals surface area contributed by atoms with Crippen molar-refractivity contribution in [2.45, 2.75) is 19.8 Å². The van der Waals surface area contributed by atoms with Crippen LogP contribution in [-0.4, -0.2) is 24.5 Å². The fraction of sp³-hybridized carbons (Fsp3) is 0.300. The number of halogens is 1. The Morgan fingerprint density at radius 3 is 2.09 bits per heavy atom. The molecule has 1 nitrogen and oxygen atoms in total. The van der Waals surface area contributed by atoms with Crippen molar-refractivity contribution in [1.29, 1.82) is 0 Å². The molecule has 0 aromatic heterocycles. The molecule has 0 bridgehead atoms.